The van der Waals surface area contributed by atoms with Gasteiger partial charge >= 0.3 is 5.97 Å². The molecule has 1 heterocycles. The molecule has 2 atom stereocenters. The van der Waals surface area contributed by atoms with E-state index in [1.807, 2.05) is 0 Å². The van der Waals surface area contributed by atoms with Crippen molar-refractivity contribution in [3.63, 3.8) is 0 Å². The van der Waals surface area contributed by atoms with Gasteiger partial charge in [-0.2, -0.15) is 0 Å². The average Bonchev–Trinajstić information content (AvgIpc) is 2.90. The van der Waals surface area contributed by atoms with Crippen LogP contribution in [0.15, 0.2) is 0 Å². The van der Waals surface area contributed by atoms with Crippen molar-refractivity contribution in [2.45, 2.75) is 43.4 Å². The molecule has 21 heavy (non-hydrogen) atoms. The van der Waals surface area contributed by atoms with Gasteiger partial charge in [-0.1, -0.05) is 6.42 Å². The monoisotopic (exact) mass is 339 g/mol. The standard InChI is InChI=1S/C12H21NO6S2/c1-19-12(14)10-3-2-4-11(10)21(17,18)13-9-5-7-20(15,16)8-6-9/h9-11,13H,2-8H2,1H3. The first kappa shape index (κ1) is 16.7. The third-order valence-corrected chi connectivity index (χ3v) is 7.98. The van der Waals surface area contributed by atoms with E-state index in [0.717, 1.165) is 0 Å². The zero-order valence-corrected chi connectivity index (χ0v) is 13.6. The largest absolute Gasteiger partial charge is 0.469 e. The Morgan fingerprint density at radius 3 is 2.33 bits per heavy atom. The Kier molecular flexibility index (Phi) is 4.94. The van der Waals surface area contributed by atoms with Crippen LogP contribution in [0.5, 0.6) is 0 Å². The number of sulfone groups is 1. The minimum Gasteiger partial charge on any atom is -0.469 e. The van der Waals surface area contributed by atoms with E-state index < -0.39 is 37.0 Å². The molecule has 0 amide bonds. The molecule has 2 rings (SSSR count). The second-order valence-corrected chi connectivity index (χ2v) is 9.92. The van der Waals surface area contributed by atoms with Crippen molar-refractivity contribution in [1.82, 2.24) is 4.72 Å². The maximum atomic E-state index is 12.4. The van der Waals surface area contributed by atoms with Crippen LogP contribution in [0.25, 0.3) is 0 Å². The summed E-state index contributed by atoms with van der Waals surface area (Å²) in [6.07, 6.45) is 2.19. The molecular formula is C12H21NO6S2. The third-order valence-electron chi connectivity index (χ3n) is 4.24. The predicted molar refractivity (Wildman–Crippen MR) is 76.9 cm³/mol. The number of nitrogens with one attached hydrogen (secondary N) is 1. The Bertz CT molecular complexity index is 583. The smallest absolute Gasteiger partial charge is 0.310 e. The van der Waals surface area contributed by atoms with E-state index in [0.29, 0.717) is 19.3 Å². The lowest BCUT2D eigenvalue weighted by atomic mass is 10.1. The summed E-state index contributed by atoms with van der Waals surface area (Å²) in [6, 6.07) is -0.363. The fourth-order valence-corrected chi connectivity index (χ4v) is 6.57. The van der Waals surface area contributed by atoms with E-state index in [9.17, 15) is 21.6 Å². The number of carbonyl (C=O) groups is 1. The Labute approximate surface area is 125 Å². The summed E-state index contributed by atoms with van der Waals surface area (Å²) in [7, 11) is -5.42. The Balaban J connectivity index is 2.03. The van der Waals surface area contributed by atoms with Crippen molar-refractivity contribution >= 4 is 25.8 Å². The molecule has 0 aromatic heterocycles. The number of rotatable bonds is 4. The summed E-state index contributed by atoms with van der Waals surface area (Å²) in [6.45, 7) is 0. The molecule has 2 fully saturated rings. The number of ether oxygens (including phenoxy) is 1. The summed E-state index contributed by atoms with van der Waals surface area (Å²) in [4.78, 5) is 11.7. The number of esters is 1. The molecule has 1 saturated carbocycles. The lowest BCUT2D eigenvalue weighted by Crippen LogP contribution is -2.46. The van der Waals surface area contributed by atoms with Gasteiger partial charge in [-0.05, 0) is 25.7 Å². The Hall–Kier alpha value is -0.670. The molecule has 1 saturated heterocycles. The van der Waals surface area contributed by atoms with Gasteiger partial charge in [0.25, 0.3) is 0 Å². The number of hydrogen-bond acceptors (Lipinski definition) is 6. The molecule has 2 unspecified atom stereocenters. The Morgan fingerprint density at radius 2 is 1.76 bits per heavy atom. The first-order valence-electron chi connectivity index (χ1n) is 7.04. The van der Waals surface area contributed by atoms with Crippen LogP contribution in [0.3, 0.4) is 0 Å². The third kappa shape index (κ3) is 3.95. The van der Waals surface area contributed by atoms with Crippen molar-refractivity contribution in [3.05, 3.63) is 0 Å². The van der Waals surface area contributed by atoms with Crippen molar-refractivity contribution in [1.29, 1.82) is 0 Å². The fraction of sp³-hybridized carbons (Fsp3) is 0.917. The summed E-state index contributed by atoms with van der Waals surface area (Å²) in [5, 5.41) is -0.775. The summed E-state index contributed by atoms with van der Waals surface area (Å²) < 4.78 is 54.8. The molecular weight excluding hydrogens is 318 g/mol. The van der Waals surface area contributed by atoms with Gasteiger partial charge in [-0.3, -0.25) is 4.79 Å². The summed E-state index contributed by atoms with van der Waals surface area (Å²) in [5.74, 6) is -1.11. The van der Waals surface area contributed by atoms with Crippen LogP contribution in [0.4, 0.5) is 0 Å². The van der Waals surface area contributed by atoms with Crippen LogP contribution in [-0.4, -0.2) is 52.7 Å². The normalized spacial score (nSPS) is 30.1. The van der Waals surface area contributed by atoms with Crippen LogP contribution < -0.4 is 4.72 Å². The molecule has 122 valence electrons. The molecule has 1 N–H and O–H groups in total. The highest BCUT2D eigenvalue weighted by atomic mass is 32.2. The molecule has 9 heteroatoms. The second kappa shape index (κ2) is 6.21. The maximum absolute atomic E-state index is 12.4. The van der Waals surface area contributed by atoms with Gasteiger partial charge in [0.2, 0.25) is 10.0 Å². The van der Waals surface area contributed by atoms with Crippen LogP contribution in [0.1, 0.15) is 32.1 Å². The minimum absolute atomic E-state index is 0.00524. The number of hydrogen-bond donors (Lipinski definition) is 1. The molecule has 0 bridgehead atoms. The van der Waals surface area contributed by atoms with Crippen molar-refractivity contribution in [3.8, 4) is 0 Å². The summed E-state index contributed by atoms with van der Waals surface area (Å²) >= 11 is 0. The topological polar surface area (TPSA) is 107 Å². The minimum atomic E-state index is -3.65. The first-order valence-corrected chi connectivity index (χ1v) is 10.4. The van der Waals surface area contributed by atoms with E-state index in [2.05, 4.69) is 9.46 Å². The van der Waals surface area contributed by atoms with E-state index in [1.165, 1.54) is 7.11 Å². The fourth-order valence-electron chi connectivity index (χ4n) is 3.05. The SMILES string of the molecule is COC(=O)C1CCCC1S(=O)(=O)NC1CCS(=O)(=O)CC1. The van der Waals surface area contributed by atoms with Gasteiger partial charge in [-0.15, -0.1) is 0 Å². The van der Waals surface area contributed by atoms with Crippen LogP contribution in [-0.2, 0) is 29.4 Å². The van der Waals surface area contributed by atoms with E-state index in [-0.39, 0.29) is 30.4 Å². The Morgan fingerprint density at radius 1 is 1.14 bits per heavy atom. The van der Waals surface area contributed by atoms with Crippen molar-refractivity contribution in [2.75, 3.05) is 18.6 Å². The highest BCUT2D eigenvalue weighted by Gasteiger charge is 2.43. The second-order valence-electron chi connectivity index (χ2n) is 5.69. The van der Waals surface area contributed by atoms with Gasteiger partial charge in [0.1, 0.15) is 9.84 Å². The molecule has 0 aromatic rings. The molecule has 1 aliphatic heterocycles. The molecule has 7 nitrogen and oxygen atoms in total. The zero-order chi connectivity index (χ0) is 15.7. The van der Waals surface area contributed by atoms with Crippen LogP contribution >= 0.6 is 0 Å². The lowest BCUT2D eigenvalue weighted by molar-refractivity contribution is -0.145. The predicted octanol–water partition coefficient (Wildman–Crippen LogP) is -0.175. The van der Waals surface area contributed by atoms with Gasteiger partial charge in [0.15, 0.2) is 0 Å². The van der Waals surface area contributed by atoms with Gasteiger partial charge in [0, 0.05) is 6.04 Å². The van der Waals surface area contributed by atoms with Gasteiger partial charge in [-0.25, -0.2) is 21.6 Å². The first-order chi connectivity index (χ1) is 9.75. The lowest BCUT2D eigenvalue weighted by Gasteiger charge is -2.26. The van der Waals surface area contributed by atoms with Gasteiger partial charge in [0.05, 0.1) is 29.8 Å². The number of methoxy groups -OCH3 is 1. The van der Waals surface area contributed by atoms with E-state index in [4.69, 9.17) is 0 Å². The average molecular weight is 339 g/mol. The summed E-state index contributed by atoms with van der Waals surface area (Å²) in [5.41, 5.74) is 0. The van der Waals surface area contributed by atoms with Crippen molar-refractivity contribution in [2.24, 2.45) is 5.92 Å². The highest BCUT2D eigenvalue weighted by molar-refractivity contribution is 7.91. The molecule has 0 aromatic carbocycles. The highest BCUT2D eigenvalue weighted by Crippen LogP contribution is 2.32. The molecule has 0 spiro atoms. The van der Waals surface area contributed by atoms with E-state index in [1.54, 1.807) is 0 Å². The van der Waals surface area contributed by atoms with Crippen LogP contribution in [0, 0.1) is 5.92 Å². The molecule has 2 aliphatic rings. The number of carbonyl (C=O) groups excluding carboxylic acids is 1. The maximum Gasteiger partial charge on any atom is 0.310 e. The van der Waals surface area contributed by atoms with Gasteiger partial charge < -0.3 is 4.74 Å². The van der Waals surface area contributed by atoms with Crippen LogP contribution in [0.2, 0.25) is 0 Å². The number of sulfonamides is 1. The quantitative estimate of drug-likeness (QED) is 0.712. The molecule has 1 aliphatic carbocycles. The zero-order valence-electron chi connectivity index (χ0n) is 11.9. The molecule has 0 radical (unpaired) electrons. The van der Waals surface area contributed by atoms with Crippen molar-refractivity contribution < 1.29 is 26.4 Å². The van der Waals surface area contributed by atoms with E-state index >= 15 is 0 Å².